The van der Waals surface area contributed by atoms with Gasteiger partial charge in [0.05, 0.1) is 23.3 Å². The Bertz CT molecular complexity index is 399. The van der Waals surface area contributed by atoms with Crippen LogP contribution in [0.5, 0.6) is 0 Å². The standard InChI is InChI=1S/C10H14N4/c1-6(2)9(11)10-13-7-3-4-12-5-8(7)14-10/h3-6,9H,11H2,1-2H3,(H,13,14)/t9-/m1/s1. The molecule has 74 valence electrons. The normalized spacial score (nSPS) is 13.7. The zero-order valence-corrected chi connectivity index (χ0v) is 8.36. The fraction of sp³-hybridized carbons (Fsp3) is 0.400. The van der Waals surface area contributed by atoms with Crippen LogP contribution in [0.15, 0.2) is 18.5 Å². The third-order valence-electron chi connectivity index (χ3n) is 2.34. The molecule has 0 fully saturated rings. The number of imidazole rings is 1. The molecule has 2 rings (SSSR count). The van der Waals surface area contributed by atoms with Gasteiger partial charge < -0.3 is 10.7 Å². The smallest absolute Gasteiger partial charge is 0.124 e. The van der Waals surface area contributed by atoms with Crippen LogP contribution in [0, 0.1) is 5.92 Å². The van der Waals surface area contributed by atoms with E-state index in [9.17, 15) is 0 Å². The molecule has 14 heavy (non-hydrogen) atoms. The number of aromatic amines is 1. The summed E-state index contributed by atoms with van der Waals surface area (Å²) in [7, 11) is 0. The molecule has 4 nitrogen and oxygen atoms in total. The van der Waals surface area contributed by atoms with E-state index in [0.717, 1.165) is 16.9 Å². The molecule has 2 heterocycles. The van der Waals surface area contributed by atoms with Crippen molar-refractivity contribution in [2.24, 2.45) is 11.7 Å². The van der Waals surface area contributed by atoms with Crippen molar-refractivity contribution in [3.63, 3.8) is 0 Å². The summed E-state index contributed by atoms with van der Waals surface area (Å²) in [6.07, 6.45) is 3.49. The van der Waals surface area contributed by atoms with Crippen LogP contribution >= 0.6 is 0 Å². The minimum absolute atomic E-state index is 0.0394. The highest BCUT2D eigenvalue weighted by atomic mass is 15.0. The second kappa shape index (κ2) is 3.38. The molecule has 0 amide bonds. The minimum atomic E-state index is -0.0394. The molecular weight excluding hydrogens is 176 g/mol. The van der Waals surface area contributed by atoms with Crippen molar-refractivity contribution in [1.29, 1.82) is 0 Å². The molecule has 0 bridgehead atoms. The van der Waals surface area contributed by atoms with Gasteiger partial charge in [0.1, 0.15) is 5.82 Å². The molecule has 0 aliphatic heterocycles. The van der Waals surface area contributed by atoms with Gasteiger partial charge in [-0.3, -0.25) is 4.98 Å². The molecule has 0 saturated heterocycles. The first kappa shape index (κ1) is 9.15. The zero-order valence-electron chi connectivity index (χ0n) is 8.36. The topological polar surface area (TPSA) is 67.6 Å². The summed E-state index contributed by atoms with van der Waals surface area (Å²) in [5.74, 6) is 1.21. The number of nitrogens with two attached hydrogens (primary N) is 1. The van der Waals surface area contributed by atoms with Crippen LogP contribution in [0.3, 0.4) is 0 Å². The maximum absolute atomic E-state index is 5.99. The summed E-state index contributed by atoms with van der Waals surface area (Å²) < 4.78 is 0. The Labute approximate surface area is 82.6 Å². The van der Waals surface area contributed by atoms with E-state index in [2.05, 4.69) is 28.8 Å². The maximum Gasteiger partial charge on any atom is 0.124 e. The van der Waals surface area contributed by atoms with Crippen LogP contribution in [-0.2, 0) is 0 Å². The number of aromatic nitrogens is 3. The summed E-state index contributed by atoms with van der Waals surface area (Å²) >= 11 is 0. The van der Waals surface area contributed by atoms with Crippen LogP contribution in [0.1, 0.15) is 25.7 Å². The quantitative estimate of drug-likeness (QED) is 0.756. The van der Waals surface area contributed by atoms with Crippen molar-refractivity contribution in [2.75, 3.05) is 0 Å². The molecule has 0 radical (unpaired) electrons. The van der Waals surface area contributed by atoms with E-state index in [1.807, 2.05) is 6.07 Å². The Morgan fingerprint density at radius 3 is 2.86 bits per heavy atom. The van der Waals surface area contributed by atoms with Gasteiger partial charge in [-0.15, -0.1) is 0 Å². The minimum Gasteiger partial charge on any atom is -0.339 e. The van der Waals surface area contributed by atoms with Crippen LogP contribution in [0.2, 0.25) is 0 Å². The first-order valence-corrected chi connectivity index (χ1v) is 4.73. The fourth-order valence-electron chi connectivity index (χ4n) is 1.35. The Balaban J connectivity index is 2.45. The predicted octanol–water partition coefficient (Wildman–Crippen LogP) is 1.61. The Morgan fingerprint density at radius 2 is 2.21 bits per heavy atom. The maximum atomic E-state index is 5.99. The first-order valence-electron chi connectivity index (χ1n) is 4.73. The van der Waals surface area contributed by atoms with Crippen LogP contribution in [0.25, 0.3) is 11.0 Å². The lowest BCUT2D eigenvalue weighted by atomic mass is 10.1. The molecule has 0 unspecified atom stereocenters. The number of fused-ring (bicyclic) bond motifs is 1. The van der Waals surface area contributed by atoms with E-state index in [0.29, 0.717) is 5.92 Å². The third-order valence-corrected chi connectivity index (χ3v) is 2.34. The number of nitrogens with one attached hydrogen (secondary N) is 1. The molecule has 4 heteroatoms. The van der Waals surface area contributed by atoms with E-state index < -0.39 is 0 Å². The second-order valence-corrected chi connectivity index (χ2v) is 3.78. The number of hydrogen-bond acceptors (Lipinski definition) is 3. The van der Waals surface area contributed by atoms with Crippen LogP contribution in [0.4, 0.5) is 0 Å². The second-order valence-electron chi connectivity index (χ2n) is 3.78. The molecule has 0 aromatic carbocycles. The van der Waals surface area contributed by atoms with E-state index in [4.69, 9.17) is 5.73 Å². The number of rotatable bonds is 2. The molecule has 2 aromatic rings. The number of pyridine rings is 1. The van der Waals surface area contributed by atoms with Gasteiger partial charge in [0, 0.05) is 6.20 Å². The van der Waals surface area contributed by atoms with Crippen molar-refractivity contribution >= 4 is 11.0 Å². The van der Waals surface area contributed by atoms with Gasteiger partial charge in [-0.1, -0.05) is 13.8 Å². The number of H-pyrrole nitrogens is 1. The zero-order chi connectivity index (χ0) is 10.1. The highest BCUT2D eigenvalue weighted by molar-refractivity contribution is 5.73. The fourth-order valence-corrected chi connectivity index (χ4v) is 1.35. The van der Waals surface area contributed by atoms with Crippen LogP contribution in [-0.4, -0.2) is 15.0 Å². The van der Waals surface area contributed by atoms with E-state index in [-0.39, 0.29) is 6.04 Å². The largest absolute Gasteiger partial charge is 0.339 e. The average molecular weight is 190 g/mol. The van der Waals surface area contributed by atoms with Gasteiger partial charge in [-0.05, 0) is 12.0 Å². The molecule has 0 aliphatic carbocycles. The highest BCUT2D eigenvalue weighted by Gasteiger charge is 2.14. The molecule has 0 saturated carbocycles. The van der Waals surface area contributed by atoms with Gasteiger partial charge in [0.25, 0.3) is 0 Å². The Morgan fingerprint density at radius 1 is 1.43 bits per heavy atom. The summed E-state index contributed by atoms with van der Waals surface area (Å²) in [5.41, 5.74) is 7.85. The molecular formula is C10H14N4. The van der Waals surface area contributed by atoms with Gasteiger partial charge in [0.15, 0.2) is 0 Å². The van der Waals surface area contributed by atoms with Crippen molar-refractivity contribution < 1.29 is 0 Å². The lowest BCUT2D eigenvalue weighted by Crippen LogP contribution is -2.17. The first-order chi connectivity index (χ1) is 6.68. The predicted molar refractivity (Wildman–Crippen MR) is 55.7 cm³/mol. The summed E-state index contributed by atoms with van der Waals surface area (Å²) in [6, 6.07) is 1.84. The highest BCUT2D eigenvalue weighted by Crippen LogP contribution is 2.18. The van der Waals surface area contributed by atoms with Gasteiger partial charge in [-0.25, -0.2) is 4.98 Å². The lowest BCUT2D eigenvalue weighted by Gasteiger charge is -2.11. The van der Waals surface area contributed by atoms with Gasteiger partial charge >= 0.3 is 0 Å². The van der Waals surface area contributed by atoms with Crippen molar-refractivity contribution in [2.45, 2.75) is 19.9 Å². The van der Waals surface area contributed by atoms with Crippen molar-refractivity contribution in [3.05, 3.63) is 24.3 Å². The van der Waals surface area contributed by atoms with E-state index in [1.165, 1.54) is 0 Å². The van der Waals surface area contributed by atoms with Crippen molar-refractivity contribution in [3.8, 4) is 0 Å². The van der Waals surface area contributed by atoms with E-state index in [1.54, 1.807) is 12.4 Å². The third kappa shape index (κ3) is 1.48. The summed E-state index contributed by atoms with van der Waals surface area (Å²) in [4.78, 5) is 11.6. The molecule has 2 aromatic heterocycles. The Kier molecular flexibility index (Phi) is 2.21. The van der Waals surface area contributed by atoms with E-state index >= 15 is 0 Å². The average Bonchev–Trinajstić information content (AvgIpc) is 2.59. The molecule has 0 spiro atoms. The van der Waals surface area contributed by atoms with Gasteiger partial charge in [0.2, 0.25) is 0 Å². The van der Waals surface area contributed by atoms with Gasteiger partial charge in [-0.2, -0.15) is 0 Å². The van der Waals surface area contributed by atoms with Crippen molar-refractivity contribution in [1.82, 2.24) is 15.0 Å². The summed E-state index contributed by atoms with van der Waals surface area (Å²) in [5, 5.41) is 0. The molecule has 0 aliphatic rings. The lowest BCUT2D eigenvalue weighted by molar-refractivity contribution is 0.495. The Hall–Kier alpha value is -1.42. The molecule has 1 atom stereocenters. The summed E-state index contributed by atoms with van der Waals surface area (Å²) in [6.45, 7) is 4.16. The SMILES string of the molecule is CC(C)[C@@H](N)c1nc2ccncc2[nH]1. The number of nitrogens with zero attached hydrogens (tertiary/aromatic N) is 2. The number of hydrogen-bond donors (Lipinski definition) is 2. The van der Waals surface area contributed by atoms with Crippen LogP contribution < -0.4 is 5.73 Å². The monoisotopic (exact) mass is 190 g/mol. The molecule has 3 N–H and O–H groups in total.